The lowest BCUT2D eigenvalue weighted by Gasteiger charge is -2.19. The number of rotatable bonds is 2. The van der Waals surface area contributed by atoms with Gasteiger partial charge < -0.3 is 4.74 Å². The third kappa shape index (κ3) is 2.03. The minimum Gasteiger partial charge on any atom is -0.494 e. The van der Waals surface area contributed by atoms with Gasteiger partial charge >= 0.3 is 0 Å². The van der Waals surface area contributed by atoms with Crippen LogP contribution >= 0.6 is 0 Å². The fourth-order valence-corrected chi connectivity index (χ4v) is 2.00. The standard InChI is InChI=1S/C11H16N2O/c1-14-10-7-12-11(13-8-10)9-5-3-2-4-6-9/h7-9H,2-6H2,1H3. The zero-order valence-corrected chi connectivity index (χ0v) is 8.57. The number of hydrogen-bond donors (Lipinski definition) is 0. The lowest BCUT2D eigenvalue weighted by molar-refractivity contribution is 0.402. The van der Waals surface area contributed by atoms with E-state index in [2.05, 4.69) is 9.97 Å². The highest BCUT2D eigenvalue weighted by molar-refractivity contribution is 5.13. The summed E-state index contributed by atoms with van der Waals surface area (Å²) >= 11 is 0. The van der Waals surface area contributed by atoms with Crippen LogP contribution < -0.4 is 4.74 Å². The molecular formula is C11H16N2O. The Morgan fingerprint density at radius 3 is 2.36 bits per heavy atom. The van der Waals surface area contributed by atoms with Gasteiger partial charge in [-0.15, -0.1) is 0 Å². The van der Waals surface area contributed by atoms with Crippen molar-refractivity contribution in [2.75, 3.05) is 7.11 Å². The van der Waals surface area contributed by atoms with Crippen molar-refractivity contribution in [3.05, 3.63) is 18.2 Å². The number of nitrogens with zero attached hydrogens (tertiary/aromatic N) is 2. The first-order valence-corrected chi connectivity index (χ1v) is 5.26. The summed E-state index contributed by atoms with van der Waals surface area (Å²) in [5, 5.41) is 0. The quantitative estimate of drug-likeness (QED) is 0.722. The lowest BCUT2D eigenvalue weighted by atomic mass is 9.89. The van der Waals surface area contributed by atoms with Crippen LogP contribution in [0, 0.1) is 0 Å². The highest BCUT2D eigenvalue weighted by Crippen LogP contribution is 2.30. The molecule has 0 radical (unpaired) electrons. The molecule has 3 heteroatoms. The second-order valence-electron chi connectivity index (χ2n) is 3.82. The molecule has 1 aliphatic carbocycles. The second kappa shape index (κ2) is 4.40. The predicted octanol–water partition coefficient (Wildman–Crippen LogP) is 2.53. The van der Waals surface area contributed by atoms with E-state index in [0.717, 1.165) is 11.6 Å². The van der Waals surface area contributed by atoms with Crippen molar-refractivity contribution < 1.29 is 4.74 Å². The summed E-state index contributed by atoms with van der Waals surface area (Å²) in [7, 11) is 1.64. The average Bonchev–Trinajstić information content (AvgIpc) is 2.30. The molecule has 76 valence electrons. The van der Waals surface area contributed by atoms with Crippen LogP contribution in [0.3, 0.4) is 0 Å². The minimum absolute atomic E-state index is 0.578. The molecule has 0 aromatic carbocycles. The van der Waals surface area contributed by atoms with Gasteiger partial charge in [-0.2, -0.15) is 0 Å². The van der Waals surface area contributed by atoms with Crippen LogP contribution in [0.15, 0.2) is 12.4 Å². The maximum Gasteiger partial charge on any atom is 0.155 e. The molecule has 3 nitrogen and oxygen atoms in total. The average molecular weight is 192 g/mol. The largest absolute Gasteiger partial charge is 0.494 e. The molecular weight excluding hydrogens is 176 g/mol. The maximum absolute atomic E-state index is 5.03. The van der Waals surface area contributed by atoms with Gasteiger partial charge in [-0.25, -0.2) is 9.97 Å². The summed E-state index contributed by atoms with van der Waals surface area (Å²) in [6.45, 7) is 0. The van der Waals surface area contributed by atoms with Gasteiger partial charge in [0.1, 0.15) is 5.82 Å². The molecule has 0 spiro atoms. The Morgan fingerprint density at radius 2 is 1.79 bits per heavy atom. The molecule has 1 aromatic rings. The minimum atomic E-state index is 0.578. The molecule has 1 saturated carbocycles. The molecule has 0 unspecified atom stereocenters. The molecule has 14 heavy (non-hydrogen) atoms. The van der Waals surface area contributed by atoms with E-state index < -0.39 is 0 Å². The van der Waals surface area contributed by atoms with Gasteiger partial charge in [0.2, 0.25) is 0 Å². The zero-order valence-electron chi connectivity index (χ0n) is 8.57. The molecule has 1 fully saturated rings. The third-order valence-corrected chi connectivity index (χ3v) is 2.85. The molecule has 2 rings (SSSR count). The summed E-state index contributed by atoms with van der Waals surface area (Å²) in [5.74, 6) is 2.31. The monoisotopic (exact) mass is 192 g/mol. The van der Waals surface area contributed by atoms with Crippen LogP contribution in [0.1, 0.15) is 43.8 Å². The van der Waals surface area contributed by atoms with Crippen molar-refractivity contribution in [1.82, 2.24) is 9.97 Å². The van der Waals surface area contributed by atoms with Gasteiger partial charge in [0.05, 0.1) is 19.5 Å². The van der Waals surface area contributed by atoms with Gasteiger partial charge in [0.25, 0.3) is 0 Å². The fraction of sp³-hybridized carbons (Fsp3) is 0.636. The Bertz CT molecular complexity index is 278. The summed E-state index contributed by atoms with van der Waals surface area (Å²) in [6.07, 6.45) is 10.0. The first-order valence-electron chi connectivity index (χ1n) is 5.26. The summed E-state index contributed by atoms with van der Waals surface area (Å²) in [6, 6.07) is 0. The van der Waals surface area contributed by atoms with E-state index in [0.29, 0.717) is 5.92 Å². The highest BCUT2D eigenvalue weighted by atomic mass is 16.5. The number of ether oxygens (including phenoxy) is 1. The molecule has 0 aliphatic heterocycles. The molecule has 1 heterocycles. The molecule has 0 saturated heterocycles. The van der Waals surface area contributed by atoms with Crippen LogP contribution in [0.5, 0.6) is 5.75 Å². The van der Waals surface area contributed by atoms with Gasteiger partial charge in [0.15, 0.2) is 5.75 Å². The van der Waals surface area contributed by atoms with Crippen LogP contribution in [0.25, 0.3) is 0 Å². The van der Waals surface area contributed by atoms with E-state index in [9.17, 15) is 0 Å². The van der Waals surface area contributed by atoms with E-state index in [1.165, 1.54) is 32.1 Å². The topological polar surface area (TPSA) is 35.0 Å². The molecule has 0 N–H and O–H groups in total. The van der Waals surface area contributed by atoms with Crippen LogP contribution in [0.2, 0.25) is 0 Å². The normalized spacial score (nSPS) is 18.1. The van der Waals surface area contributed by atoms with Crippen molar-refractivity contribution in [2.45, 2.75) is 38.0 Å². The summed E-state index contributed by atoms with van der Waals surface area (Å²) < 4.78 is 5.03. The van der Waals surface area contributed by atoms with E-state index >= 15 is 0 Å². The Hall–Kier alpha value is -1.12. The van der Waals surface area contributed by atoms with Crippen molar-refractivity contribution in [2.24, 2.45) is 0 Å². The summed E-state index contributed by atoms with van der Waals surface area (Å²) in [5.41, 5.74) is 0. The number of hydrogen-bond acceptors (Lipinski definition) is 3. The smallest absolute Gasteiger partial charge is 0.155 e. The van der Waals surface area contributed by atoms with Crippen LogP contribution in [-0.2, 0) is 0 Å². The zero-order chi connectivity index (χ0) is 9.80. The van der Waals surface area contributed by atoms with Gasteiger partial charge in [-0.3, -0.25) is 0 Å². The molecule has 1 aliphatic rings. The highest BCUT2D eigenvalue weighted by Gasteiger charge is 2.17. The van der Waals surface area contributed by atoms with Crippen molar-refractivity contribution in [3.63, 3.8) is 0 Å². The molecule has 0 amide bonds. The van der Waals surface area contributed by atoms with Crippen molar-refractivity contribution in [3.8, 4) is 5.75 Å². The van der Waals surface area contributed by atoms with E-state index in [1.54, 1.807) is 19.5 Å². The number of aromatic nitrogens is 2. The first kappa shape index (κ1) is 9.44. The fourth-order valence-electron chi connectivity index (χ4n) is 2.00. The van der Waals surface area contributed by atoms with E-state index in [-0.39, 0.29) is 0 Å². The second-order valence-corrected chi connectivity index (χ2v) is 3.82. The van der Waals surface area contributed by atoms with Gasteiger partial charge in [0, 0.05) is 5.92 Å². The number of methoxy groups -OCH3 is 1. The predicted molar refractivity (Wildman–Crippen MR) is 54.4 cm³/mol. The Kier molecular flexibility index (Phi) is 2.96. The lowest BCUT2D eigenvalue weighted by Crippen LogP contribution is -2.08. The Balaban J connectivity index is 2.07. The van der Waals surface area contributed by atoms with E-state index in [1.807, 2.05) is 0 Å². The van der Waals surface area contributed by atoms with Crippen molar-refractivity contribution in [1.29, 1.82) is 0 Å². The van der Waals surface area contributed by atoms with Crippen LogP contribution in [0.4, 0.5) is 0 Å². The van der Waals surface area contributed by atoms with Crippen LogP contribution in [-0.4, -0.2) is 17.1 Å². The molecule has 0 bridgehead atoms. The Morgan fingerprint density at radius 1 is 1.14 bits per heavy atom. The SMILES string of the molecule is COc1cnc(C2CCCCC2)nc1. The van der Waals surface area contributed by atoms with Gasteiger partial charge in [-0.1, -0.05) is 19.3 Å². The maximum atomic E-state index is 5.03. The molecule has 0 atom stereocenters. The van der Waals surface area contributed by atoms with Crippen molar-refractivity contribution >= 4 is 0 Å². The molecule has 1 aromatic heterocycles. The van der Waals surface area contributed by atoms with Gasteiger partial charge in [-0.05, 0) is 12.8 Å². The summed E-state index contributed by atoms with van der Waals surface area (Å²) in [4.78, 5) is 8.67. The third-order valence-electron chi connectivity index (χ3n) is 2.85. The van der Waals surface area contributed by atoms with E-state index in [4.69, 9.17) is 4.74 Å². The Labute approximate surface area is 84.5 Å². The first-order chi connectivity index (χ1) is 6.90.